The van der Waals surface area contributed by atoms with Gasteiger partial charge in [0, 0.05) is 18.0 Å². The first-order chi connectivity index (χ1) is 17.3. The molecule has 6 aromatic rings. The zero-order chi connectivity index (χ0) is 23.4. The van der Waals surface area contributed by atoms with Crippen molar-refractivity contribution < 1.29 is 4.74 Å². The van der Waals surface area contributed by atoms with Crippen molar-refractivity contribution in [1.82, 2.24) is 34.3 Å². The molecule has 5 heterocycles. The average Bonchev–Trinajstić information content (AvgIpc) is 3.50. The molecule has 35 heavy (non-hydrogen) atoms. The summed E-state index contributed by atoms with van der Waals surface area (Å²) in [6.07, 6.45) is 5.30. The predicted octanol–water partition coefficient (Wildman–Crippen LogP) is 4.97. The minimum absolute atomic E-state index is 0.219. The first-order valence-electron chi connectivity index (χ1n) is 11.3. The Hall–Kier alpha value is -4.85. The van der Waals surface area contributed by atoms with Gasteiger partial charge < -0.3 is 4.74 Å². The number of fused-ring (bicyclic) bond motifs is 4. The Morgan fingerprint density at radius 3 is 2.43 bits per heavy atom. The van der Waals surface area contributed by atoms with Gasteiger partial charge in [0.25, 0.3) is 0 Å². The van der Waals surface area contributed by atoms with Gasteiger partial charge in [0.05, 0.1) is 28.4 Å². The lowest BCUT2D eigenvalue weighted by Gasteiger charge is -2.26. The number of pyridine rings is 1. The number of para-hydroxylation sites is 1. The lowest BCUT2D eigenvalue weighted by Crippen LogP contribution is -2.16. The third-order valence-corrected chi connectivity index (χ3v) is 6.27. The van der Waals surface area contributed by atoms with E-state index in [0.29, 0.717) is 23.2 Å². The molecule has 0 spiro atoms. The molecule has 0 saturated heterocycles. The van der Waals surface area contributed by atoms with Crippen LogP contribution in [0.5, 0.6) is 11.8 Å². The molecule has 1 atom stereocenters. The Morgan fingerprint density at radius 2 is 1.66 bits per heavy atom. The number of hydrogen-bond donors (Lipinski definition) is 0. The van der Waals surface area contributed by atoms with Crippen LogP contribution in [0.4, 0.5) is 0 Å². The molecule has 8 nitrogen and oxygen atoms in total. The molecule has 1 aliphatic rings. The molecule has 0 fully saturated rings. The second-order valence-corrected chi connectivity index (χ2v) is 8.41. The third kappa shape index (κ3) is 3.03. The third-order valence-electron chi connectivity index (χ3n) is 6.27. The number of aromatic nitrogens is 7. The second-order valence-electron chi connectivity index (χ2n) is 8.41. The number of hydrogen-bond acceptors (Lipinski definition) is 6. The quantitative estimate of drug-likeness (QED) is 0.373. The summed E-state index contributed by atoms with van der Waals surface area (Å²) in [6, 6.07) is 23.9. The van der Waals surface area contributed by atoms with Crippen molar-refractivity contribution in [1.29, 1.82) is 0 Å². The number of aryl methyl sites for hydroxylation is 1. The topological polar surface area (TPSA) is 83.0 Å². The summed E-state index contributed by atoms with van der Waals surface area (Å²) < 4.78 is 10.00. The minimum atomic E-state index is -0.219. The van der Waals surface area contributed by atoms with Gasteiger partial charge in [0.15, 0.2) is 11.5 Å². The van der Waals surface area contributed by atoms with Gasteiger partial charge in [-0.05, 0) is 30.7 Å². The SMILES string of the molecule is Cc1nn(-c2ccccc2)c2c1[C@H](c1cccnc1)c1c(ncn3nc(-c4ccccc4)nc13)O2. The largest absolute Gasteiger partial charge is 0.420 e. The molecule has 0 amide bonds. The van der Waals surface area contributed by atoms with E-state index in [2.05, 4.69) is 16.0 Å². The highest BCUT2D eigenvalue weighted by atomic mass is 16.5. The van der Waals surface area contributed by atoms with Crippen molar-refractivity contribution in [3.63, 3.8) is 0 Å². The normalized spacial score (nSPS) is 14.4. The monoisotopic (exact) mass is 457 g/mol. The Kier molecular flexibility index (Phi) is 4.25. The maximum atomic E-state index is 6.45. The van der Waals surface area contributed by atoms with E-state index in [4.69, 9.17) is 19.9 Å². The van der Waals surface area contributed by atoms with E-state index in [1.807, 2.05) is 84.5 Å². The molecule has 4 aromatic heterocycles. The highest BCUT2D eigenvalue weighted by molar-refractivity contribution is 5.68. The van der Waals surface area contributed by atoms with E-state index in [-0.39, 0.29) is 5.92 Å². The molecule has 0 bridgehead atoms. The molecule has 168 valence electrons. The summed E-state index contributed by atoms with van der Waals surface area (Å²) >= 11 is 0. The summed E-state index contributed by atoms with van der Waals surface area (Å²) in [4.78, 5) is 14.0. The zero-order valence-electron chi connectivity index (χ0n) is 18.8. The van der Waals surface area contributed by atoms with Crippen LogP contribution < -0.4 is 4.74 Å². The predicted molar refractivity (Wildman–Crippen MR) is 130 cm³/mol. The summed E-state index contributed by atoms with van der Waals surface area (Å²) in [5.41, 5.74) is 6.24. The van der Waals surface area contributed by atoms with Gasteiger partial charge in [-0.2, -0.15) is 5.10 Å². The number of benzene rings is 2. The Bertz CT molecular complexity index is 1680. The Balaban J connectivity index is 1.50. The van der Waals surface area contributed by atoms with Crippen LogP contribution in [0.3, 0.4) is 0 Å². The fourth-order valence-corrected chi connectivity index (χ4v) is 4.71. The second kappa shape index (κ2) is 7.59. The van der Waals surface area contributed by atoms with Crippen LogP contribution in [0.2, 0.25) is 0 Å². The van der Waals surface area contributed by atoms with Gasteiger partial charge in [-0.15, -0.1) is 5.10 Å². The van der Waals surface area contributed by atoms with Crippen LogP contribution in [0.25, 0.3) is 22.7 Å². The fourth-order valence-electron chi connectivity index (χ4n) is 4.71. The molecule has 0 saturated carbocycles. The van der Waals surface area contributed by atoms with E-state index >= 15 is 0 Å². The van der Waals surface area contributed by atoms with Gasteiger partial charge in [0.2, 0.25) is 11.8 Å². The molecule has 0 radical (unpaired) electrons. The van der Waals surface area contributed by atoms with Crippen LogP contribution in [-0.4, -0.2) is 34.3 Å². The number of nitrogens with zero attached hydrogens (tertiary/aromatic N) is 7. The molecular formula is C27H19N7O. The average molecular weight is 457 g/mol. The van der Waals surface area contributed by atoms with E-state index < -0.39 is 0 Å². The van der Waals surface area contributed by atoms with Gasteiger partial charge >= 0.3 is 0 Å². The van der Waals surface area contributed by atoms with Gasteiger partial charge in [-0.1, -0.05) is 54.6 Å². The van der Waals surface area contributed by atoms with Crippen LogP contribution in [0.15, 0.2) is 91.5 Å². The first kappa shape index (κ1) is 19.6. The Morgan fingerprint density at radius 1 is 0.857 bits per heavy atom. The maximum Gasteiger partial charge on any atom is 0.230 e. The van der Waals surface area contributed by atoms with Crippen molar-refractivity contribution in [2.45, 2.75) is 12.8 Å². The summed E-state index contributed by atoms with van der Waals surface area (Å²) in [5, 5.41) is 9.56. The van der Waals surface area contributed by atoms with E-state index in [1.54, 1.807) is 17.0 Å². The molecule has 0 unspecified atom stereocenters. The van der Waals surface area contributed by atoms with Gasteiger partial charge in [-0.3, -0.25) is 4.98 Å². The molecule has 7 rings (SSSR count). The van der Waals surface area contributed by atoms with Crippen LogP contribution >= 0.6 is 0 Å². The summed E-state index contributed by atoms with van der Waals surface area (Å²) in [6.45, 7) is 2.00. The highest BCUT2D eigenvalue weighted by Crippen LogP contribution is 2.49. The van der Waals surface area contributed by atoms with E-state index in [0.717, 1.165) is 33.6 Å². The van der Waals surface area contributed by atoms with E-state index in [9.17, 15) is 0 Å². The first-order valence-corrected chi connectivity index (χ1v) is 11.3. The van der Waals surface area contributed by atoms with E-state index in [1.165, 1.54) is 0 Å². The number of rotatable bonds is 3. The van der Waals surface area contributed by atoms with Gasteiger partial charge in [0.1, 0.15) is 6.33 Å². The summed E-state index contributed by atoms with van der Waals surface area (Å²) in [5.74, 6) is 1.55. The van der Waals surface area contributed by atoms with Crippen molar-refractivity contribution in [2.24, 2.45) is 0 Å². The van der Waals surface area contributed by atoms with Gasteiger partial charge in [-0.25, -0.2) is 19.2 Å². The fraction of sp³-hybridized carbons (Fsp3) is 0.0741. The zero-order valence-corrected chi connectivity index (χ0v) is 18.8. The van der Waals surface area contributed by atoms with Crippen LogP contribution in [0.1, 0.15) is 28.3 Å². The molecule has 0 N–H and O–H groups in total. The lowest BCUT2D eigenvalue weighted by atomic mass is 9.85. The smallest absolute Gasteiger partial charge is 0.230 e. The van der Waals surface area contributed by atoms with Crippen LogP contribution in [-0.2, 0) is 0 Å². The van der Waals surface area contributed by atoms with Crippen molar-refractivity contribution >= 4 is 5.65 Å². The molecule has 2 aromatic carbocycles. The maximum absolute atomic E-state index is 6.45. The molecule has 0 aliphatic carbocycles. The molecule has 8 heteroatoms. The number of ether oxygens (including phenoxy) is 1. The summed E-state index contributed by atoms with van der Waals surface area (Å²) in [7, 11) is 0. The molecule has 1 aliphatic heterocycles. The van der Waals surface area contributed by atoms with Crippen molar-refractivity contribution in [2.75, 3.05) is 0 Å². The molecular weight excluding hydrogens is 438 g/mol. The van der Waals surface area contributed by atoms with Crippen molar-refractivity contribution in [3.05, 3.63) is 114 Å². The standard InChI is InChI=1S/C27H19N7O/c1-17-21-22(19-11-8-14-28-15-19)23-25-30-24(18-9-4-2-5-10-18)32-33(25)16-29-26(23)35-27(21)34(31-17)20-12-6-3-7-13-20/h2-16,22H,1H3/t22-/m0/s1. The van der Waals surface area contributed by atoms with Crippen molar-refractivity contribution in [3.8, 4) is 28.8 Å². The lowest BCUT2D eigenvalue weighted by molar-refractivity contribution is 0.402. The highest BCUT2D eigenvalue weighted by Gasteiger charge is 2.38. The Labute approximate surface area is 200 Å². The van der Waals surface area contributed by atoms with Crippen LogP contribution in [0, 0.1) is 6.92 Å². The minimum Gasteiger partial charge on any atom is -0.420 e.